The Morgan fingerprint density at radius 2 is 2.35 bits per heavy atom. The Kier molecular flexibility index (Phi) is 2.37. The van der Waals surface area contributed by atoms with E-state index in [2.05, 4.69) is 23.3 Å². The number of rotatable bonds is 2. The van der Waals surface area contributed by atoms with Gasteiger partial charge in [-0.15, -0.1) is 11.3 Å². The molecule has 1 unspecified atom stereocenters. The summed E-state index contributed by atoms with van der Waals surface area (Å²) in [7, 11) is 0. The second kappa shape index (κ2) is 3.89. The number of hydrogen-bond acceptors (Lipinski definition) is 3. The van der Waals surface area contributed by atoms with Crippen LogP contribution in [0, 0.1) is 6.92 Å². The number of hydrogen-bond donors (Lipinski definition) is 2. The molecule has 1 aliphatic rings. The first kappa shape index (κ1) is 10.4. The summed E-state index contributed by atoms with van der Waals surface area (Å²) in [6.07, 6.45) is 4.87. The van der Waals surface area contributed by atoms with Crippen LogP contribution < -0.4 is 5.32 Å². The monoisotopic (exact) mass is 244 g/mol. The molecule has 3 nitrogen and oxygen atoms in total. The third-order valence-electron chi connectivity index (χ3n) is 2.86. The van der Waals surface area contributed by atoms with E-state index in [1.54, 1.807) is 11.3 Å². The van der Waals surface area contributed by atoms with Crippen molar-refractivity contribution in [1.82, 2.24) is 4.98 Å². The quantitative estimate of drug-likeness (QED) is 0.798. The summed E-state index contributed by atoms with van der Waals surface area (Å²) in [6.45, 7) is 2.08. The smallest absolute Gasteiger partial charge is 0.146 e. The van der Waals surface area contributed by atoms with Gasteiger partial charge in [0.1, 0.15) is 12.3 Å². The summed E-state index contributed by atoms with van der Waals surface area (Å²) in [6, 6.07) is 5.85. The van der Waals surface area contributed by atoms with Crippen molar-refractivity contribution in [3.63, 3.8) is 0 Å². The summed E-state index contributed by atoms with van der Waals surface area (Å²) in [5.41, 5.74) is 3.21. The van der Waals surface area contributed by atoms with Crippen LogP contribution >= 0.6 is 11.3 Å². The van der Waals surface area contributed by atoms with E-state index in [-0.39, 0.29) is 6.04 Å². The first-order valence-electron chi connectivity index (χ1n) is 5.45. The standard InChI is InChI=1S/C13H12N2OS/c1-8-5-11-10(6-9-3-2-4-14-9)12(7-16)15-13(11)17-8/h2-7,12,14-15H,1H3/b10-6-. The minimum absolute atomic E-state index is 0.222. The number of carbonyl (C=O) groups is 1. The molecule has 0 radical (unpaired) electrons. The molecule has 0 saturated carbocycles. The number of nitrogens with one attached hydrogen (secondary N) is 2. The van der Waals surface area contributed by atoms with Crippen molar-refractivity contribution in [2.75, 3.05) is 5.32 Å². The molecule has 0 bridgehead atoms. The second-order valence-corrected chi connectivity index (χ2v) is 5.34. The molecular formula is C13H12N2OS. The third-order valence-corrected chi connectivity index (χ3v) is 3.84. The highest BCUT2D eigenvalue weighted by Crippen LogP contribution is 2.41. The molecule has 2 aromatic rings. The van der Waals surface area contributed by atoms with Gasteiger partial charge in [0.2, 0.25) is 0 Å². The minimum Gasteiger partial charge on any atom is -0.363 e. The number of aromatic amines is 1. The minimum atomic E-state index is -0.222. The summed E-state index contributed by atoms with van der Waals surface area (Å²) < 4.78 is 0. The van der Waals surface area contributed by atoms with Crippen LogP contribution in [0.1, 0.15) is 16.1 Å². The van der Waals surface area contributed by atoms with Crippen LogP contribution in [-0.4, -0.2) is 17.3 Å². The summed E-state index contributed by atoms with van der Waals surface area (Å²) in [4.78, 5) is 15.5. The predicted molar refractivity (Wildman–Crippen MR) is 71.2 cm³/mol. The van der Waals surface area contributed by atoms with E-state index in [4.69, 9.17) is 0 Å². The number of carbonyl (C=O) groups excluding carboxylic acids is 1. The zero-order valence-corrected chi connectivity index (χ0v) is 10.2. The fraction of sp³-hybridized carbons (Fsp3) is 0.154. The average Bonchev–Trinajstić information content (AvgIpc) is 2.97. The normalized spacial score (nSPS) is 20.3. The molecule has 4 heteroatoms. The average molecular weight is 244 g/mol. The molecule has 0 fully saturated rings. The van der Waals surface area contributed by atoms with Crippen molar-refractivity contribution in [1.29, 1.82) is 0 Å². The number of aromatic nitrogens is 1. The van der Waals surface area contributed by atoms with Gasteiger partial charge in [0.25, 0.3) is 0 Å². The van der Waals surface area contributed by atoms with Gasteiger partial charge in [0, 0.05) is 22.3 Å². The third kappa shape index (κ3) is 1.70. The van der Waals surface area contributed by atoms with Crippen molar-refractivity contribution in [2.45, 2.75) is 13.0 Å². The number of aldehydes is 1. The largest absolute Gasteiger partial charge is 0.363 e. The van der Waals surface area contributed by atoms with Crippen molar-refractivity contribution in [2.24, 2.45) is 0 Å². The van der Waals surface area contributed by atoms with Gasteiger partial charge < -0.3 is 15.1 Å². The zero-order chi connectivity index (χ0) is 11.8. The maximum atomic E-state index is 11.1. The van der Waals surface area contributed by atoms with E-state index >= 15 is 0 Å². The van der Waals surface area contributed by atoms with E-state index in [1.807, 2.05) is 24.4 Å². The molecule has 3 heterocycles. The SMILES string of the molecule is Cc1cc2c(s1)NC(C=O)/C2=C\c1ccc[nH]1. The Balaban J connectivity index is 2.09. The van der Waals surface area contributed by atoms with Gasteiger partial charge in [-0.05, 0) is 36.8 Å². The van der Waals surface area contributed by atoms with Crippen LogP contribution in [0.15, 0.2) is 24.4 Å². The highest BCUT2D eigenvalue weighted by molar-refractivity contribution is 7.16. The van der Waals surface area contributed by atoms with Crippen LogP contribution in [0.5, 0.6) is 0 Å². The molecule has 0 amide bonds. The van der Waals surface area contributed by atoms with E-state index in [1.165, 1.54) is 4.88 Å². The lowest BCUT2D eigenvalue weighted by atomic mass is 10.0. The van der Waals surface area contributed by atoms with Gasteiger partial charge in [-0.25, -0.2) is 0 Å². The van der Waals surface area contributed by atoms with E-state index in [0.29, 0.717) is 0 Å². The lowest BCUT2D eigenvalue weighted by Crippen LogP contribution is -2.15. The Labute approximate surface area is 103 Å². The lowest BCUT2D eigenvalue weighted by Gasteiger charge is -2.05. The fourth-order valence-electron chi connectivity index (χ4n) is 2.10. The number of aryl methyl sites for hydroxylation is 1. The van der Waals surface area contributed by atoms with Crippen LogP contribution in [0.2, 0.25) is 0 Å². The number of fused-ring (bicyclic) bond motifs is 1. The summed E-state index contributed by atoms with van der Waals surface area (Å²) >= 11 is 1.69. The highest BCUT2D eigenvalue weighted by Gasteiger charge is 2.27. The van der Waals surface area contributed by atoms with E-state index in [0.717, 1.165) is 28.1 Å². The van der Waals surface area contributed by atoms with Crippen molar-refractivity contribution >= 4 is 34.3 Å². The zero-order valence-electron chi connectivity index (χ0n) is 9.36. The van der Waals surface area contributed by atoms with Gasteiger partial charge in [-0.2, -0.15) is 0 Å². The van der Waals surface area contributed by atoms with Gasteiger partial charge in [0.05, 0.1) is 5.00 Å². The van der Waals surface area contributed by atoms with Crippen LogP contribution in [0.3, 0.4) is 0 Å². The van der Waals surface area contributed by atoms with Crippen molar-refractivity contribution in [3.8, 4) is 0 Å². The molecular weight excluding hydrogens is 232 g/mol. The Morgan fingerprint density at radius 3 is 3.06 bits per heavy atom. The molecule has 0 spiro atoms. The summed E-state index contributed by atoms with van der Waals surface area (Å²) in [5, 5.41) is 4.33. The van der Waals surface area contributed by atoms with E-state index in [9.17, 15) is 4.79 Å². The predicted octanol–water partition coefficient (Wildman–Crippen LogP) is 2.92. The molecule has 17 heavy (non-hydrogen) atoms. The molecule has 86 valence electrons. The Bertz CT molecular complexity index is 581. The van der Waals surface area contributed by atoms with Gasteiger partial charge in [-0.1, -0.05) is 0 Å². The van der Waals surface area contributed by atoms with Gasteiger partial charge in [-0.3, -0.25) is 0 Å². The highest BCUT2D eigenvalue weighted by atomic mass is 32.1. The Hall–Kier alpha value is -1.81. The lowest BCUT2D eigenvalue weighted by molar-refractivity contribution is -0.107. The summed E-state index contributed by atoms with van der Waals surface area (Å²) in [5.74, 6) is 0. The molecule has 3 rings (SSSR count). The van der Waals surface area contributed by atoms with Gasteiger partial charge >= 0.3 is 0 Å². The Morgan fingerprint density at radius 1 is 1.47 bits per heavy atom. The van der Waals surface area contributed by atoms with Crippen molar-refractivity contribution in [3.05, 3.63) is 40.5 Å². The maximum absolute atomic E-state index is 11.1. The second-order valence-electron chi connectivity index (χ2n) is 4.08. The van der Waals surface area contributed by atoms with Gasteiger partial charge in [0.15, 0.2) is 0 Å². The van der Waals surface area contributed by atoms with Crippen LogP contribution in [0.4, 0.5) is 5.00 Å². The first-order chi connectivity index (χ1) is 8.28. The molecule has 2 N–H and O–H groups in total. The first-order valence-corrected chi connectivity index (χ1v) is 6.27. The van der Waals surface area contributed by atoms with Crippen LogP contribution in [-0.2, 0) is 4.79 Å². The fourth-order valence-corrected chi connectivity index (χ4v) is 3.07. The number of anilines is 1. The molecule has 0 saturated heterocycles. The molecule has 0 aromatic carbocycles. The number of thiophene rings is 1. The van der Waals surface area contributed by atoms with Crippen LogP contribution in [0.25, 0.3) is 11.6 Å². The molecule has 2 aromatic heterocycles. The van der Waals surface area contributed by atoms with E-state index < -0.39 is 0 Å². The number of H-pyrrole nitrogens is 1. The van der Waals surface area contributed by atoms with Crippen molar-refractivity contribution < 1.29 is 4.79 Å². The molecule has 0 aliphatic carbocycles. The molecule has 1 aliphatic heterocycles. The molecule has 1 atom stereocenters. The maximum Gasteiger partial charge on any atom is 0.146 e. The topological polar surface area (TPSA) is 44.9 Å².